The van der Waals surface area contributed by atoms with Crippen LogP contribution in [-0.2, 0) is 5.41 Å². The van der Waals surface area contributed by atoms with Crippen molar-refractivity contribution in [1.82, 2.24) is 4.98 Å². The van der Waals surface area contributed by atoms with E-state index in [2.05, 4.69) is 37.9 Å². The highest BCUT2D eigenvalue weighted by Crippen LogP contribution is 2.32. The summed E-state index contributed by atoms with van der Waals surface area (Å²) in [5.41, 5.74) is 3.44. The van der Waals surface area contributed by atoms with E-state index in [0.717, 1.165) is 23.9 Å². The molecule has 0 radical (unpaired) electrons. The summed E-state index contributed by atoms with van der Waals surface area (Å²) in [7, 11) is 0. The van der Waals surface area contributed by atoms with Crippen LogP contribution in [0.4, 0.5) is 0 Å². The number of aromatic nitrogens is 1. The lowest BCUT2D eigenvalue weighted by molar-refractivity contribution is 0.439. The van der Waals surface area contributed by atoms with Crippen LogP contribution in [0.15, 0.2) is 29.0 Å². The number of hydrogen-bond acceptors (Lipinski definition) is 2. The van der Waals surface area contributed by atoms with Gasteiger partial charge in [-0.15, -0.1) is 0 Å². The molecule has 0 aliphatic heterocycles. The van der Waals surface area contributed by atoms with E-state index in [1.807, 2.05) is 6.07 Å². The van der Waals surface area contributed by atoms with E-state index in [0.29, 0.717) is 0 Å². The van der Waals surface area contributed by atoms with Crippen LogP contribution in [0.2, 0.25) is 0 Å². The van der Waals surface area contributed by atoms with Crippen molar-refractivity contribution in [3.63, 3.8) is 0 Å². The lowest BCUT2D eigenvalue weighted by Gasteiger charge is -2.27. The van der Waals surface area contributed by atoms with Crippen LogP contribution in [0.25, 0.3) is 11.1 Å². The summed E-state index contributed by atoms with van der Waals surface area (Å²) in [6.45, 7) is 6.77. The molecule has 2 nitrogen and oxygen atoms in total. The van der Waals surface area contributed by atoms with Gasteiger partial charge in [-0.1, -0.05) is 26.8 Å². The van der Waals surface area contributed by atoms with E-state index in [1.165, 1.54) is 12.0 Å². The predicted molar refractivity (Wildman–Crippen MR) is 61.9 cm³/mol. The van der Waals surface area contributed by atoms with Gasteiger partial charge in [0.2, 0.25) is 0 Å². The minimum atomic E-state index is 0.257. The fourth-order valence-electron chi connectivity index (χ4n) is 1.89. The molecule has 0 N–H and O–H groups in total. The zero-order valence-corrected chi connectivity index (χ0v) is 9.58. The van der Waals surface area contributed by atoms with E-state index >= 15 is 0 Å². The Morgan fingerprint density at radius 3 is 2.67 bits per heavy atom. The molecule has 0 bridgehead atoms. The van der Waals surface area contributed by atoms with Crippen molar-refractivity contribution in [1.29, 1.82) is 0 Å². The Kier molecular flexibility index (Phi) is 2.51. The highest BCUT2D eigenvalue weighted by Gasteiger charge is 2.22. The maximum Gasteiger partial charge on any atom is 0.181 e. The summed E-state index contributed by atoms with van der Waals surface area (Å²) >= 11 is 0. The molecule has 0 spiro atoms. The molecule has 2 heteroatoms. The van der Waals surface area contributed by atoms with Gasteiger partial charge in [-0.3, -0.25) is 0 Å². The molecule has 1 heterocycles. The minimum Gasteiger partial charge on any atom is -0.443 e. The van der Waals surface area contributed by atoms with E-state index in [4.69, 9.17) is 4.42 Å². The zero-order chi connectivity index (χ0) is 10.9. The molecular weight excluding hydrogens is 186 g/mol. The standard InChI is InChI=1S/C13H17NO/c1-4-13(3,5-2)10-6-7-12-11(8-10)14-9-15-12/h6-9H,4-5H2,1-3H3. The quantitative estimate of drug-likeness (QED) is 0.756. The van der Waals surface area contributed by atoms with Gasteiger partial charge < -0.3 is 4.42 Å². The molecule has 2 rings (SSSR count). The van der Waals surface area contributed by atoms with E-state index in [-0.39, 0.29) is 5.41 Å². The van der Waals surface area contributed by atoms with Crippen molar-refractivity contribution in [2.45, 2.75) is 39.0 Å². The van der Waals surface area contributed by atoms with Crippen LogP contribution in [0.5, 0.6) is 0 Å². The first-order valence-electron chi connectivity index (χ1n) is 5.53. The van der Waals surface area contributed by atoms with Gasteiger partial charge in [-0.2, -0.15) is 0 Å². The predicted octanol–water partition coefficient (Wildman–Crippen LogP) is 3.91. The molecule has 0 aliphatic rings. The largest absolute Gasteiger partial charge is 0.443 e. The molecule has 0 saturated carbocycles. The molecular formula is C13H17NO. The van der Waals surface area contributed by atoms with Crippen LogP contribution in [-0.4, -0.2) is 4.98 Å². The number of fused-ring (bicyclic) bond motifs is 1. The van der Waals surface area contributed by atoms with Crippen molar-refractivity contribution < 1.29 is 4.42 Å². The third-order valence-electron chi connectivity index (χ3n) is 3.59. The molecule has 15 heavy (non-hydrogen) atoms. The van der Waals surface area contributed by atoms with Crippen LogP contribution in [0.1, 0.15) is 39.2 Å². The van der Waals surface area contributed by atoms with Crippen molar-refractivity contribution >= 4 is 11.1 Å². The molecule has 80 valence electrons. The van der Waals surface area contributed by atoms with Gasteiger partial charge in [-0.25, -0.2) is 4.98 Å². The molecule has 0 saturated heterocycles. The van der Waals surface area contributed by atoms with Crippen molar-refractivity contribution in [3.05, 3.63) is 30.2 Å². The van der Waals surface area contributed by atoms with Crippen LogP contribution in [0, 0.1) is 0 Å². The first kappa shape index (κ1) is 10.2. The average Bonchev–Trinajstić information content (AvgIpc) is 2.74. The van der Waals surface area contributed by atoms with E-state index < -0.39 is 0 Å². The second-order valence-corrected chi connectivity index (χ2v) is 4.30. The lowest BCUT2D eigenvalue weighted by Crippen LogP contribution is -2.19. The van der Waals surface area contributed by atoms with Gasteiger partial charge in [0.05, 0.1) is 0 Å². The lowest BCUT2D eigenvalue weighted by atomic mass is 9.78. The number of hydrogen-bond donors (Lipinski definition) is 0. The van der Waals surface area contributed by atoms with Crippen molar-refractivity contribution in [2.75, 3.05) is 0 Å². The summed E-state index contributed by atoms with van der Waals surface area (Å²) < 4.78 is 5.24. The molecule has 2 aromatic rings. The fraction of sp³-hybridized carbons (Fsp3) is 0.462. The van der Waals surface area contributed by atoms with Gasteiger partial charge in [0.15, 0.2) is 12.0 Å². The van der Waals surface area contributed by atoms with Gasteiger partial charge in [0, 0.05) is 0 Å². The molecule has 1 aromatic heterocycles. The van der Waals surface area contributed by atoms with Crippen molar-refractivity contribution in [3.8, 4) is 0 Å². The zero-order valence-electron chi connectivity index (χ0n) is 9.58. The number of rotatable bonds is 3. The molecule has 0 aliphatic carbocycles. The Morgan fingerprint density at radius 2 is 2.00 bits per heavy atom. The summed E-state index contributed by atoms with van der Waals surface area (Å²) in [5.74, 6) is 0. The number of oxazole rings is 1. The number of nitrogens with zero attached hydrogens (tertiary/aromatic N) is 1. The van der Waals surface area contributed by atoms with Crippen molar-refractivity contribution in [2.24, 2.45) is 0 Å². The third-order valence-corrected chi connectivity index (χ3v) is 3.59. The summed E-state index contributed by atoms with van der Waals surface area (Å²) in [6, 6.07) is 6.31. The van der Waals surface area contributed by atoms with Gasteiger partial charge in [0.1, 0.15) is 5.52 Å². The fourth-order valence-corrected chi connectivity index (χ4v) is 1.89. The van der Waals surface area contributed by atoms with E-state index in [9.17, 15) is 0 Å². The molecule has 0 amide bonds. The summed E-state index contributed by atoms with van der Waals surface area (Å²) in [5, 5.41) is 0. The van der Waals surface area contributed by atoms with Crippen LogP contribution >= 0.6 is 0 Å². The Morgan fingerprint density at radius 1 is 1.27 bits per heavy atom. The van der Waals surface area contributed by atoms with Gasteiger partial charge in [-0.05, 0) is 36.0 Å². The topological polar surface area (TPSA) is 26.0 Å². The number of benzene rings is 1. The molecule has 0 atom stereocenters. The maximum absolute atomic E-state index is 5.24. The van der Waals surface area contributed by atoms with Crippen LogP contribution in [0.3, 0.4) is 0 Å². The normalized spacial score (nSPS) is 12.2. The summed E-state index contributed by atoms with van der Waals surface area (Å²) in [6.07, 6.45) is 3.80. The Labute approximate surface area is 90.3 Å². The monoisotopic (exact) mass is 203 g/mol. The smallest absolute Gasteiger partial charge is 0.181 e. The maximum atomic E-state index is 5.24. The Hall–Kier alpha value is -1.31. The molecule has 0 fully saturated rings. The third kappa shape index (κ3) is 1.65. The molecule has 1 aromatic carbocycles. The minimum absolute atomic E-state index is 0.257. The SMILES string of the molecule is CCC(C)(CC)c1ccc2ocnc2c1. The van der Waals surface area contributed by atoms with Gasteiger partial charge >= 0.3 is 0 Å². The van der Waals surface area contributed by atoms with Crippen LogP contribution < -0.4 is 0 Å². The first-order chi connectivity index (χ1) is 7.19. The second-order valence-electron chi connectivity index (χ2n) is 4.30. The second kappa shape index (κ2) is 3.69. The van der Waals surface area contributed by atoms with Gasteiger partial charge in [0.25, 0.3) is 0 Å². The Balaban J connectivity index is 2.51. The molecule has 0 unspecified atom stereocenters. The highest BCUT2D eigenvalue weighted by atomic mass is 16.3. The van der Waals surface area contributed by atoms with E-state index in [1.54, 1.807) is 0 Å². The highest BCUT2D eigenvalue weighted by molar-refractivity contribution is 5.73. The Bertz CT molecular complexity index is 454. The first-order valence-corrected chi connectivity index (χ1v) is 5.53. The average molecular weight is 203 g/mol. The summed E-state index contributed by atoms with van der Waals surface area (Å²) in [4.78, 5) is 4.19.